The fraction of sp³-hybridized carbons (Fsp3) is 0.476. The number of halogens is 3. The lowest BCUT2D eigenvalue weighted by Crippen LogP contribution is -2.60. The van der Waals surface area contributed by atoms with Gasteiger partial charge in [-0.3, -0.25) is 9.59 Å². The van der Waals surface area contributed by atoms with Gasteiger partial charge in [0.05, 0.1) is 24.3 Å². The van der Waals surface area contributed by atoms with Crippen LogP contribution >= 0.6 is 0 Å². The van der Waals surface area contributed by atoms with Crippen molar-refractivity contribution in [1.29, 1.82) is 0 Å². The molecule has 5 atom stereocenters. The zero-order valence-electron chi connectivity index (χ0n) is 18.9. The molecular weight excluding hydrogens is 475 g/mol. The summed E-state index contributed by atoms with van der Waals surface area (Å²) < 4.78 is 44.0. The summed E-state index contributed by atoms with van der Waals surface area (Å²) in [5, 5.41) is 32.2. The molecule has 1 aromatic carbocycles. The largest absolute Gasteiger partial charge is 0.480 e. The summed E-state index contributed by atoms with van der Waals surface area (Å²) >= 11 is 0. The molecule has 0 saturated heterocycles. The number of aliphatic imine (C=N–C) groups is 1. The second kappa shape index (κ2) is 11.4. The molecule has 1 aliphatic rings. The Balaban J connectivity index is 2.34. The molecule has 0 radical (unpaired) electrons. The number of ether oxygens (including phenoxy) is 1. The van der Waals surface area contributed by atoms with Crippen LogP contribution in [0.1, 0.15) is 18.1 Å². The monoisotopic (exact) mass is 503 g/mol. The van der Waals surface area contributed by atoms with E-state index in [4.69, 9.17) is 16.2 Å². The van der Waals surface area contributed by atoms with E-state index in [-0.39, 0.29) is 12.3 Å². The third-order valence-corrected chi connectivity index (χ3v) is 5.15. The standard InChI is InChI=1S/C21H28F3N5O6/c1-10(31)27-16-13(28-20(25)26)7-15(35-18(16)17(33)14(32)9-30)19(34)29(2)8-11-3-5-12(6-4-11)21(22,23)24/h3-7,13-14,16-18,30,32-33H,8-9H2,1-2H3,(H,27,31)(H4,25,26,28)/t13-,14+,16+,17+,18+/m0/s1. The lowest BCUT2D eigenvalue weighted by atomic mass is 9.92. The summed E-state index contributed by atoms with van der Waals surface area (Å²) in [6, 6.07) is 2.01. The minimum Gasteiger partial charge on any atom is -0.480 e. The van der Waals surface area contributed by atoms with Crippen LogP contribution in [0.4, 0.5) is 13.2 Å². The van der Waals surface area contributed by atoms with Crippen molar-refractivity contribution in [2.45, 2.75) is 50.0 Å². The molecular formula is C21H28F3N5O6. The van der Waals surface area contributed by atoms with Crippen molar-refractivity contribution in [3.05, 3.63) is 47.2 Å². The highest BCUT2D eigenvalue weighted by Crippen LogP contribution is 2.30. The number of aliphatic hydroxyl groups excluding tert-OH is 3. The van der Waals surface area contributed by atoms with E-state index in [1.54, 1.807) is 0 Å². The summed E-state index contributed by atoms with van der Waals surface area (Å²) in [6.07, 6.45) is -8.18. The summed E-state index contributed by atoms with van der Waals surface area (Å²) in [5.41, 5.74) is 10.5. The van der Waals surface area contributed by atoms with Crippen LogP contribution in [-0.4, -0.2) is 82.0 Å². The zero-order chi connectivity index (χ0) is 26.5. The lowest BCUT2D eigenvalue weighted by Gasteiger charge is -2.39. The lowest BCUT2D eigenvalue weighted by molar-refractivity contribution is -0.141. The number of hydrogen-bond acceptors (Lipinski definition) is 7. The number of nitrogens with one attached hydrogen (secondary N) is 1. The highest BCUT2D eigenvalue weighted by atomic mass is 19.4. The van der Waals surface area contributed by atoms with E-state index in [0.29, 0.717) is 5.56 Å². The number of carbonyl (C=O) groups excluding carboxylic acids is 2. The van der Waals surface area contributed by atoms with Gasteiger partial charge in [-0.2, -0.15) is 13.2 Å². The van der Waals surface area contributed by atoms with E-state index >= 15 is 0 Å². The first-order valence-electron chi connectivity index (χ1n) is 10.4. The first-order chi connectivity index (χ1) is 16.2. The number of aliphatic hydroxyl groups is 3. The van der Waals surface area contributed by atoms with E-state index in [9.17, 15) is 38.1 Å². The number of carbonyl (C=O) groups is 2. The first kappa shape index (κ1) is 27.9. The molecule has 0 bridgehead atoms. The molecule has 194 valence electrons. The molecule has 1 aliphatic heterocycles. The Hall–Kier alpha value is -3.36. The van der Waals surface area contributed by atoms with Gasteiger partial charge in [0.15, 0.2) is 11.7 Å². The van der Waals surface area contributed by atoms with Crippen molar-refractivity contribution in [2.75, 3.05) is 13.7 Å². The van der Waals surface area contributed by atoms with Crippen molar-refractivity contribution in [3.63, 3.8) is 0 Å². The van der Waals surface area contributed by atoms with Crippen LogP contribution in [0.25, 0.3) is 0 Å². The van der Waals surface area contributed by atoms with Crippen molar-refractivity contribution in [1.82, 2.24) is 10.2 Å². The number of guanidine groups is 1. The highest BCUT2D eigenvalue weighted by molar-refractivity contribution is 5.92. The van der Waals surface area contributed by atoms with E-state index < -0.39 is 66.5 Å². The molecule has 0 unspecified atom stereocenters. The van der Waals surface area contributed by atoms with E-state index in [2.05, 4.69) is 10.3 Å². The van der Waals surface area contributed by atoms with Crippen LogP contribution in [0.5, 0.6) is 0 Å². The Morgan fingerprint density at radius 3 is 2.31 bits per heavy atom. The minimum atomic E-state index is -4.50. The van der Waals surface area contributed by atoms with Gasteiger partial charge in [0.1, 0.15) is 18.3 Å². The average Bonchev–Trinajstić information content (AvgIpc) is 2.77. The zero-order valence-corrected chi connectivity index (χ0v) is 18.9. The maximum atomic E-state index is 13.1. The highest BCUT2D eigenvalue weighted by Gasteiger charge is 2.44. The molecule has 11 nitrogen and oxygen atoms in total. The third-order valence-electron chi connectivity index (χ3n) is 5.15. The van der Waals surface area contributed by atoms with Crippen LogP contribution in [0.15, 0.2) is 41.1 Å². The summed E-state index contributed by atoms with van der Waals surface area (Å²) in [6.45, 7) is 0.245. The van der Waals surface area contributed by atoms with Crippen molar-refractivity contribution in [2.24, 2.45) is 16.5 Å². The number of alkyl halides is 3. The number of likely N-dealkylation sites (N-methyl/N-ethyl adjacent to an activating group) is 1. The normalized spacial score (nSPS) is 21.7. The first-order valence-corrected chi connectivity index (χ1v) is 10.4. The molecule has 14 heteroatoms. The van der Waals surface area contributed by atoms with Crippen LogP contribution in [0, 0.1) is 0 Å². The topological polar surface area (TPSA) is 184 Å². The summed E-state index contributed by atoms with van der Waals surface area (Å²) in [5.74, 6) is -2.03. The fourth-order valence-corrected chi connectivity index (χ4v) is 3.47. The Morgan fingerprint density at radius 1 is 1.23 bits per heavy atom. The molecule has 0 fully saturated rings. The van der Waals surface area contributed by atoms with Crippen molar-refractivity contribution >= 4 is 17.8 Å². The van der Waals surface area contributed by atoms with Crippen LogP contribution in [-0.2, 0) is 27.0 Å². The van der Waals surface area contributed by atoms with Gasteiger partial charge < -0.3 is 41.7 Å². The third kappa shape index (κ3) is 7.31. The van der Waals surface area contributed by atoms with Gasteiger partial charge in [0, 0.05) is 20.5 Å². The van der Waals surface area contributed by atoms with E-state index in [0.717, 1.165) is 17.0 Å². The number of nitrogens with zero attached hydrogens (tertiary/aromatic N) is 2. The van der Waals surface area contributed by atoms with Gasteiger partial charge in [-0.15, -0.1) is 0 Å². The molecule has 0 saturated carbocycles. The Labute approximate surface area is 198 Å². The van der Waals surface area contributed by atoms with Crippen LogP contribution < -0.4 is 16.8 Å². The second-order valence-corrected chi connectivity index (χ2v) is 7.98. The molecule has 0 aliphatic carbocycles. The van der Waals surface area contributed by atoms with Gasteiger partial charge in [0.25, 0.3) is 5.91 Å². The predicted molar refractivity (Wildman–Crippen MR) is 117 cm³/mol. The van der Waals surface area contributed by atoms with E-state index in [1.165, 1.54) is 32.2 Å². The van der Waals surface area contributed by atoms with Crippen LogP contribution in [0.2, 0.25) is 0 Å². The van der Waals surface area contributed by atoms with Crippen molar-refractivity contribution in [3.8, 4) is 0 Å². The smallest absolute Gasteiger partial charge is 0.416 e. The Bertz CT molecular complexity index is 965. The Kier molecular flexibility index (Phi) is 9.06. The molecule has 35 heavy (non-hydrogen) atoms. The molecule has 8 N–H and O–H groups in total. The number of nitrogens with two attached hydrogens (primary N) is 2. The van der Waals surface area contributed by atoms with Gasteiger partial charge in [0.2, 0.25) is 5.91 Å². The van der Waals surface area contributed by atoms with Gasteiger partial charge >= 0.3 is 6.18 Å². The average molecular weight is 503 g/mol. The molecule has 2 amide bonds. The predicted octanol–water partition coefficient (Wildman–Crippen LogP) is -1.19. The van der Waals surface area contributed by atoms with E-state index in [1.807, 2.05) is 0 Å². The molecule has 2 rings (SSSR count). The van der Waals surface area contributed by atoms with Gasteiger partial charge in [-0.05, 0) is 23.8 Å². The quantitative estimate of drug-likeness (QED) is 0.189. The maximum absolute atomic E-state index is 13.1. The second-order valence-electron chi connectivity index (χ2n) is 7.98. The number of hydrogen-bond donors (Lipinski definition) is 6. The summed E-state index contributed by atoms with van der Waals surface area (Å²) in [4.78, 5) is 29.9. The molecule has 1 aromatic rings. The fourth-order valence-electron chi connectivity index (χ4n) is 3.47. The van der Waals surface area contributed by atoms with Crippen molar-refractivity contribution < 1.29 is 42.8 Å². The summed E-state index contributed by atoms with van der Waals surface area (Å²) in [7, 11) is 1.37. The minimum absolute atomic E-state index is 0.0910. The molecule has 0 aromatic heterocycles. The molecule has 1 heterocycles. The number of benzene rings is 1. The van der Waals surface area contributed by atoms with Crippen LogP contribution in [0.3, 0.4) is 0 Å². The van der Waals surface area contributed by atoms with Gasteiger partial charge in [-0.25, -0.2) is 4.99 Å². The molecule has 0 spiro atoms. The number of rotatable bonds is 8. The SMILES string of the molecule is CC(=O)N[C@H]1[C@H]([C@H](O)[C@H](O)CO)OC(C(=O)N(C)Cc2ccc(C(F)(F)F)cc2)=C[C@@H]1N=C(N)N. The van der Waals surface area contributed by atoms with Gasteiger partial charge in [-0.1, -0.05) is 12.1 Å². The Morgan fingerprint density at radius 2 is 1.83 bits per heavy atom. The maximum Gasteiger partial charge on any atom is 0.416 e. The number of amides is 2.